The summed E-state index contributed by atoms with van der Waals surface area (Å²) in [7, 11) is 0. The molecule has 0 aromatic rings. The van der Waals surface area contributed by atoms with Crippen LogP contribution in [0.3, 0.4) is 0 Å². The number of ether oxygens (including phenoxy) is 2. The van der Waals surface area contributed by atoms with Gasteiger partial charge in [-0.2, -0.15) is 0 Å². The number of halogens is 2. The molecule has 0 aromatic heterocycles. The van der Waals surface area contributed by atoms with Gasteiger partial charge in [0.25, 0.3) is 5.91 Å². The van der Waals surface area contributed by atoms with E-state index in [4.69, 9.17) is 38.2 Å². The first-order valence-corrected chi connectivity index (χ1v) is 11.8. The van der Waals surface area contributed by atoms with Crippen LogP contribution in [0.2, 0.25) is 0 Å². The minimum Gasteiger partial charge on any atom is -0.461 e. The van der Waals surface area contributed by atoms with Gasteiger partial charge in [0.2, 0.25) is 5.91 Å². The number of nitrogens with one attached hydrogen (secondary N) is 3. The fourth-order valence-corrected chi connectivity index (χ4v) is 3.08. The lowest BCUT2D eigenvalue weighted by molar-refractivity contribution is -0.153. The number of hydrogen-bond acceptors (Lipinski definition) is 8. The highest BCUT2D eigenvalue weighted by molar-refractivity contribution is 6.48. The lowest BCUT2D eigenvalue weighted by Gasteiger charge is -2.34. The summed E-state index contributed by atoms with van der Waals surface area (Å²) in [6, 6.07) is -2.89. The van der Waals surface area contributed by atoms with E-state index in [9.17, 15) is 19.2 Å². The molecule has 198 valence electrons. The lowest BCUT2D eigenvalue weighted by atomic mass is 10.1. The highest BCUT2D eigenvalue weighted by Crippen LogP contribution is 2.20. The molecule has 0 aromatic carbocycles. The molecule has 0 bridgehead atoms. The molecular formula is C20H33Cl2N7O6. The van der Waals surface area contributed by atoms with Gasteiger partial charge in [0.05, 0.1) is 0 Å². The molecule has 1 aliphatic rings. The second-order valence-electron chi connectivity index (χ2n) is 9.16. The molecule has 3 atom stereocenters. The zero-order chi connectivity index (χ0) is 26.8. The van der Waals surface area contributed by atoms with E-state index >= 15 is 0 Å². The Balaban J connectivity index is 2.75. The fraction of sp³-hybridized carbons (Fsp3) is 0.800. The van der Waals surface area contributed by atoms with Crippen LogP contribution >= 0.6 is 23.2 Å². The van der Waals surface area contributed by atoms with Gasteiger partial charge < -0.3 is 20.1 Å². The molecule has 1 saturated heterocycles. The van der Waals surface area contributed by atoms with Crippen molar-refractivity contribution in [3.8, 4) is 0 Å². The monoisotopic (exact) mass is 537 g/mol. The van der Waals surface area contributed by atoms with E-state index in [1.54, 1.807) is 20.8 Å². The number of nitrogens with zero attached hydrogens (tertiary/aromatic N) is 4. The smallest absolute Gasteiger partial charge is 0.408 e. The lowest BCUT2D eigenvalue weighted by Crippen LogP contribution is -2.60. The normalized spacial score (nSPS) is 17.9. The van der Waals surface area contributed by atoms with E-state index < -0.39 is 51.9 Å². The van der Waals surface area contributed by atoms with Crippen LogP contribution in [0.1, 0.15) is 53.9 Å². The molecule has 35 heavy (non-hydrogen) atoms. The van der Waals surface area contributed by atoms with Crippen molar-refractivity contribution >= 4 is 47.1 Å². The first-order valence-electron chi connectivity index (χ1n) is 11.1. The summed E-state index contributed by atoms with van der Waals surface area (Å²) in [5.41, 5.74) is 10.5. The molecule has 1 aliphatic heterocycles. The maximum atomic E-state index is 12.9. The number of hydrogen-bond donors (Lipinski definition) is 3. The standard InChI is InChI=1S/C20H33Cl2N7O6/c1-12(16(31)29-10-6-7-14(27-29)17(32)34-11-20(5,21)22)25-15(30)13(8-9-24-28-23)26-18(33)35-19(2,3)4/h12-14,27H,6-11H2,1-5H3,(H,25,30)(H,26,33)/t12-,13-,14-/m0/s1. The Morgan fingerprint density at radius 3 is 2.46 bits per heavy atom. The number of hydrazine groups is 1. The highest BCUT2D eigenvalue weighted by Gasteiger charge is 2.33. The number of esters is 1. The van der Waals surface area contributed by atoms with Gasteiger partial charge in [-0.25, -0.2) is 10.2 Å². The van der Waals surface area contributed by atoms with Crippen LogP contribution < -0.4 is 16.1 Å². The molecule has 0 aliphatic carbocycles. The average molecular weight is 538 g/mol. The van der Waals surface area contributed by atoms with E-state index in [2.05, 4.69) is 26.1 Å². The maximum absolute atomic E-state index is 12.9. The number of carbonyl (C=O) groups excluding carboxylic acids is 4. The van der Waals surface area contributed by atoms with Crippen molar-refractivity contribution in [2.75, 3.05) is 19.7 Å². The van der Waals surface area contributed by atoms with E-state index in [1.807, 2.05) is 0 Å². The van der Waals surface area contributed by atoms with Gasteiger partial charge in [-0.05, 0) is 59.4 Å². The third-order valence-electron chi connectivity index (χ3n) is 4.52. The van der Waals surface area contributed by atoms with Gasteiger partial charge in [0, 0.05) is 18.0 Å². The minimum atomic E-state index is -1.24. The summed E-state index contributed by atoms with van der Waals surface area (Å²) >= 11 is 11.6. The largest absolute Gasteiger partial charge is 0.461 e. The Kier molecular flexibility index (Phi) is 11.9. The summed E-state index contributed by atoms with van der Waals surface area (Å²) in [5, 5.41) is 9.57. The van der Waals surface area contributed by atoms with Crippen LogP contribution in [-0.4, -0.2) is 76.6 Å². The van der Waals surface area contributed by atoms with Gasteiger partial charge in [-0.15, -0.1) is 0 Å². The number of alkyl carbamates (subject to hydrolysis) is 1. The first-order chi connectivity index (χ1) is 16.1. The van der Waals surface area contributed by atoms with Crippen molar-refractivity contribution in [3.63, 3.8) is 0 Å². The number of amides is 3. The first kappa shape index (κ1) is 30.6. The molecular weight excluding hydrogens is 505 g/mol. The number of carbonyl (C=O) groups is 4. The minimum absolute atomic E-state index is 0.00795. The van der Waals surface area contributed by atoms with Gasteiger partial charge in [-0.3, -0.25) is 19.4 Å². The molecule has 15 heteroatoms. The molecule has 3 amide bonds. The molecule has 3 N–H and O–H groups in total. The Labute approximate surface area is 214 Å². The van der Waals surface area contributed by atoms with Crippen LogP contribution in [0.25, 0.3) is 10.4 Å². The van der Waals surface area contributed by atoms with Gasteiger partial charge in [0.1, 0.15) is 34.7 Å². The molecule has 1 heterocycles. The van der Waals surface area contributed by atoms with Crippen LogP contribution in [0.4, 0.5) is 4.79 Å². The van der Waals surface area contributed by atoms with Crippen LogP contribution in [0.15, 0.2) is 5.11 Å². The SMILES string of the molecule is C[C@H](NC(=O)[C@H](CCN=[N+]=[N-])NC(=O)OC(C)(C)C)C(=O)N1CCC[C@@H](C(=O)OCC(C)(Cl)Cl)N1. The number of azide groups is 1. The van der Waals surface area contributed by atoms with E-state index in [1.165, 1.54) is 18.9 Å². The number of alkyl halides is 2. The molecule has 0 unspecified atom stereocenters. The Morgan fingerprint density at radius 1 is 1.23 bits per heavy atom. The molecule has 0 spiro atoms. The Morgan fingerprint density at radius 2 is 1.89 bits per heavy atom. The van der Waals surface area contributed by atoms with Crippen LogP contribution in [0, 0.1) is 0 Å². The van der Waals surface area contributed by atoms with Crippen LogP contribution in [-0.2, 0) is 23.9 Å². The average Bonchev–Trinajstić information content (AvgIpc) is 2.74. The zero-order valence-corrected chi connectivity index (χ0v) is 22.0. The predicted octanol–water partition coefficient (Wildman–Crippen LogP) is 2.32. The fourth-order valence-electron chi connectivity index (χ4n) is 2.97. The summed E-state index contributed by atoms with van der Waals surface area (Å²) in [5.74, 6) is -1.77. The van der Waals surface area contributed by atoms with E-state index in [0.717, 1.165) is 0 Å². The predicted molar refractivity (Wildman–Crippen MR) is 128 cm³/mol. The molecule has 13 nitrogen and oxygen atoms in total. The molecule has 0 saturated carbocycles. The third kappa shape index (κ3) is 12.2. The van der Waals surface area contributed by atoms with Crippen molar-refractivity contribution < 1.29 is 28.7 Å². The Hall–Kier alpha value is -2.47. The molecule has 1 rings (SSSR count). The van der Waals surface area contributed by atoms with E-state index in [0.29, 0.717) is 19.4 Å². The third-order valence-corrected chi connectivity index (χ3v) is 4.74. The van der Waals surface area contributed by atoms with Crippen molar-refractivity contribution in [1.29, 1.82) is 0 Å². The van der Waals surface area contributed by atoms with Gasteiger partial charge >= 0.3 is 12.1 Å². The van der Waals surface area contributed by atoms with Crippen molar-refractivity contribution in [2.45, 2.75) is 81.9 Å². The van der Waals surface area contributed by atoms with Crippen LogP contribution in [0.5, 0.6) is 0 Å². The second-order valence-corrected chi connectivity index (χ2v) is 11.0. The highest BCUT2D eigenvalue weighted by atomic mass is 35.5. The summed E-state index contributed by atoms with van der Waals surface area (Å²) < 4.78 is 9.02. The van der Waals surface area contributed by atoms with Crippen molar-refractivity contribution in [3.05, 3.63) is 10.4 Å². The second kappa shape index (κ2) is 13.6. The summed E-state index contributed by atoms with van der Waals surface area (Å²) in [6.07, 6.45) is 0.118. The van der Waals surface area contributed by atoms with Gasteiger partial charge in [-0.1, -0.05) is 28.3 Å². The quantitative estimate of drug-likeness (QED) is 0.126. The number of rotatable bonds is 10. The molecule has 0 radical (unpaired) electrons. The van der Waals surface area contributed by atoms with Crippen molar-refractivity contribution in [2.24, 2.45) is 5.11 Å². The van der Waals surface area contributed by atoms with Gasteiger partial charge in [0.15, 0.2) is 0 Å². The van der Waals surface area contributed by atoms with Crippen molar-refractivity contribution in [1.82, 2.24) is 21.1 Å². The summed E-state index contributed by atoms with van der Waals surface area (Å²) in [6.45, 7) is 7.98. The zero-order valence-electron chi connectivity index (χ0n) is 20.5. The Bertz CT molecular complexity index is 824. The topological polar surface area (TPSA) is 175 Å². The molecule has 1 fully saturated rings. The van der Waals surface area contributed by atoms with E-state index in [-0.39, 0.29) is 19.6 Å². The maximum Gasteiger partial charge on any atom is 0.408 e. The summed E-state index contributed by atoms with van der Waals surface area (Å²) in [4.78, 5) is 52.7.